The minimum atomic E-state index is -3.55. The van der Waals surface area contributed by atoms with E-state index in [1.54, 1.807) is 54.6 Å². The fourth-order valence-electron chi connectivity index (χ4n) is 6.12. The molecule has 4 aliphatic carbocycles. The third-order valence-corrected chi connectivity index (χ3v) is 8.68. The summed E-state index contributed by atoms with van der Waals surface area (Å²) >= 11 is 0. The van der Waals surface area contributed by atoms with Crippen molar-refractivity contribution in [2.45, 2.75) is 53.9 Å². The maximum absolute atomic E-state index is 12.7. The highest BCUT2D eigenvalue weighted by Gasteiger charge is 2.51. The average molecular weight is 411 g/mol. The van der Waals surface area contributed by atoms with Crippen molar-refractivity contribution in [3.63, 3.8) is 0 Å². The summed E-state index contributed by atoms with van der Waals surface area (Å²) < 4.78 is 25.4. The summed E-state index contributed by atoms with van der Waals surface area (Å²) in [6.45, 7) is 0. The van der Waals surface area contributed by atoms with Crippen LogP contribution >= 0.6 is 0 Å². The van der Waals surface area contributed by atoms with Crippen LogP contribution in [0.3, 0.4) is 0 Å². The first-order valence-corrected chi connectivity index (χ1v) is 11.9. The number of rotatable bonds is 4. The summed E-state index contributed by atoms with van der Waals surface area (Å²) in [5.41, 5.74) is 0.550. The van der Waals surface area contributed by atoms with Crippen molar-refractivity contribution in [2.24, 2.45) is 17.8 Å². The number of benzene rings is 2. The predicted octanol–water partition coefficient (Wildman–Crippen LogP) is 4.61. The van der Waals surface area contributed by atoms with E-state index in [9.17, 15) is 13.2 Å². The summed E-state index contributed by atoms with van der Waals surface area (Å²) in [6.07, 6.45) is 7.29. The Hall–Kier alpha value is -2.34. The third kappa shape index (κ3) is 3.54. The number of sulfone groups is 1. The Morgan fingerprint density at radius 2 is 1.31 bits per heavy atom. The molecule has 0 aliphatic heterocycles. The standard InChI is InChI=1S/C23H26N2O3S/c26-22(25-23-13-16-10-17(14-23)12-18(11-16)15-23)24-19-6-8-21(9-7-19)29(27,28)20-4-2-1-3-5-20/h1-9,16-18H,10-15H2,(H2,24,25,26). The van der Waals surface area contributed by atoms with Crippen molar-refractivity contribution in [3.8, 4) is 0 Å². The Morgan fingerprint density at radius 3 is 1.86 bits per heavy atom. The summed E-state index contributed by atoms with van der Waals surface area (Å²) in [6, 6.07) is 14.6. The summed E-state index contributed by atoms with van der Waals surface area (Å²) in [5, 5.41) is 6.17. The van der Waals surface area contributed by atoms with Crippen LogP contribution in [0, 0.1) is 17.8 Å². The first-order chi connectivity index (χ1) is 13.9. The van der Waals surface area contributed by atoms with Crippen LogP contribution in [0.25, 0.3) is 0 Å². The predicted molar refractivity (Wildman–Crippen MR) is 111 cm³/mol. The van der Waals surface area contributed by atoms with Crippen molar-refractivity contribution in [2.75, 3.05) is 5.32 Å². The van der Waals surface area contributed by atoms with E-state index in [4.69, 9.17) is 0 Å². The fourth-order valence-corrected chi connectivity index (χ4v) is 7.40. The van der Waals surface area contributed by atoms with E-state index < -0.39 is 9.84 Å². The summed E-state index contributed by atoms with van der Waals surface area (Å²) in [7, 11) is -3.55. The van der Waals surface area contributed by atoms with Gasteiger partial charge in [0.05, 0.1) is 9.79 Å². The van der Waals surface area contributed by atoms with E-state index in [1.807, 2.05) is 0 Å². The van der Waals surface area contributed by atoms with Gasteiger partial charge in [-0.25, -0.2) is 13.2 Å². The second-order valence-electron chi connectivity index (χ2n) is 9.12. The minimum Gasteiger partial charge on any atom is -0.332 e. The molecule has 29 heavy (non-hydrogen) atoms. The number of urea groups is 1. The first kappa shape index (κ1) is 18.7. The van der Waals surface area contributed by atoms with E-state index in [0.717, 1.165) is 37.0 Å². The Bertz CT molecular complexity index is 981. The Kier molecular flexibility index (Phi) is 4.42. The van der Waals surface area contributed by atoms with Crippen LogP contribution in [0.15, 0.2) is 64.4 Å². The van der Waals surface area contributed by atoms with E-state index >= 15 is 0 Å². The van der Waals surface area contributed by atoms with Crippen LogP contribution in [-0.4, -0.2) is 20.0 Å². The molecule has 5 nitrogen and oxygen atoms in total. The highest BCUT2D eigenvalue weighted by Crippen LogP contribution is 2.55. The number of carbonyl (C=O) groups is 1. The highest BCUT2D eigenvalue weighted by molar-refractivity contribution is 7.91. The molecule has 152 valence electrons. The van der Waals surface area contributed by atoms with Gasteiger partial charge in [-0.3, -0.25) is 0 Å². The number of anilines is 1. The quantitative estimate of drug-likeness (QED) is 0.773. The van der Waals surface area contributed by atoms with E-state index in [1.165, 1.54) is 19.3 Å². The van der Waals surface area contributed by atoms with Gasteiger partial charge in [-0.05, 0) is 92.7 Å². The maximum atomic E-state index is 12.7. The molecule has 0 radical (unpaired) electrons. The SMILES string of the molecule is O=C(Nc1ccc(S(=O)(=O)c2ccccc2)cc1)NC12CC3CC(CC(C3)C1)C2. The molecule has 0 saturated heterocycles. The van der Waals surface area contributed by atoms with Crippen LogP contribution in [0.2, 0.25) is 0 Å². The summed E-state index contributed by atoms with van der Waals surface area (Å²) in [4.78, 5) is 13.1. The molecule has 0 atom stereocenters. The zero-order valence-electron chi connectivity index (χ0n) is 16.3. The zero-order valence-corrected chi connectivity index (χ0v) is 17.1. The number of hydrogen-bond acceptors (Lipinski definition) is 3. The molecule has 4 aliphatic rings. The molecule has 0 heterocycles. The molecule has 6 rings (SSSR count). The van der Waals surface area contributed by atoms with Gasteiger partial charge in [-0.2, -0.15) is 0 Å². The van der Waals surface area contributed by atoms with E-state index in [2.05, 4.69) is 10.6 Å². The molecule has 4 bridgehead atoms. The lowest BCUT2D eigenvalue weighted by Crippen LogP contribution is -2.60. The highest BCUT2D eigenvalue weighted by atomic mass is 32.2. The molecule has 2 N–H and O–H groups in total. The number of nitrogens with one attached hydrogen (secondary N) is 2. The normalized spacial score (nSPS) is 30.1. The van der Waals surface area contributed by atoms with Crippen molar-refractivity contribution >= 4 is 21.6 Å². The third-order valence-electron chi connectivity index (χ3n) is 6.89. The summed E-state index contributed by atoms with van der Waals surface area (Å²) in [5.74, 6) is 2.30. The lowest BCUT2D eigenvalue weighted by molar-refractivity contribution is -0.0127. The molecular weight excluding hydrogens is 384 g/mol. The largest absolute Gasteiger partial charge is 0.332 e. The molecule has 2 aromatic rings. The lowest BCUT2D eigenvalue weighted by atomic mass is 9.53. The smallest absolute Gasteiger partial charge is 0.319 e. The molecule has 4 saturated carbocycles. The zero-order chi connectivity index (χ0) is 20.1. The van der Waals surface area contributed by atoms with Gasteiger partial charge in [0.15, 0.2) is 0 Å². The van der Waals surface area contributed by atoms with Gasteiger partial charge >= 0.3 is 6.03 Å². The first-order valence-electron chi connectivity index (χ1n) is 10.4. The van der Waals surface area contributed by atoms with Crippen molar-refractivity contribution in [3.05, 3.63) is 54.6 Å². The number of amides is 2. The lowest BCUT2D eigenvalue weighted by Gasteiger charge is -2.56. The molecular formula is C23H26N2O3S. The van der Waals surface area contributed by atoms with Gasteiger partial charge in [0, 0.05) is 11.2 Å². The van der Waals surface area contributed by atoms with Gasteiger partial charge < -0.3 is 10.6 Å². The van der Waals surface area contributed by atoms with Gasteiger partial charge in [0.1, 0.15) is 0 Å². The Labute approximate surface area is 171 Å². The van der Waals surface area contributed by atoms with Gasteiger partial charge in [-0.15, -0.1) is 0 Å². The molecule has 0 spiro atoms. The van der Waals surface area contributed by atoms with Crippen LogP contribution < -0.4 is 10.6 Å². The van der Waals surface area contributed by atoms with Gasteiger partial charge in [0.25, 0.3) is 0 Å². The molecule has 0 aromatic heterocycles. The molecule has 0 unspecified atom stereocenters. The molecule has 6 heteroatoms. The van der Waals surface area contributed by atoms with Crippen LogP contribution in [-0.2, 0) is 9.84 Å². The number of carbonyl (C=O) groups excluding carboxylic acids is 1. The molecule has 2 amide bonds. The van der Waals surface area contributed by atoms with E-state index in [-0.39, 0.29) is 21.4 Å². The Balaban J connectivity index is 1.26. The van der Waals surface area contributed by atoms with Gasteiger partial charge in [-0.1, -0.05) is 18.2 Å². The second-order valence-corrected chi connectivity index (χ2v) is 11.1. The number of hydrogen-bond donors (Lipinski definition) is 2. The Morgan fingerprint density at radius 1 is 0.793 bits per heavy atom. The fraction of sp³-hybridized carbons (Fsp3) is 0.435. The molecule has 2 aromatic carbocycles. The topological polar surface area (TPSA) is 75.3 Å². The van der Waals surface area contributed by atoms with Crippen molar-refractivity contribution in [1.82, 2.24) is 5.32 Å². The van der Waals surface area contributed by atoms with Crippen LogP contribution in [0.1, 0.15) is 38.5 Å². The van der Waals surface area contributed by atoms with Crippen molar-refractivity contribution in [1.29, 1.82) is 0 Å². The monoisotopic (exact) mass is 410 g/mol. The van der Waals surface area contributed by atoms with Crippen LogP contribution in [0.4, 0.5) is 10.5 Å². The molecule has 4 fully saturated rings. The second kappa shape index (κ2) is 6.87. The average Bonchev–Trinajstić information content (AvgIpc) is 2.67. The minimum absolute atomic E-state index is 0.0462. The maximum Gasteiger partial charge on any atom is 0.319 e. The van der Waals surface area contributed by atoms with Gasteiger partial charge in [0.2, 0.25) is 9.84 Å². The van der Waals surface area contributed by atoms with Crippen LogP contribution in [0.5, 0.6) is 0 Å². The van der Waals surface area contributed by atoms with E-state index in [0.29, 0.717) is 5.69 Å². The van der Waals surface area contributed by atoms with Crippen molar-refractivity contribution < 1.29 is 13.2 Å².